The van der Waals surface area contributed by atoms with Crippen molar-refractivity contribution in [2.45, 2.75) is 25.7 Å². The molecule has 1 aliphatic heterocycles. The van der Waals surface area contributed by atoms with E-state index in [0.29, 0.717) is 0 Å². The molecule has 0 amide bonds. The molecule has 9 heavy (non-hydrogen) atoms. The van der Waals surface area contributed by atoms with E-state index in [4.69, 9.17) is 0 Å². The lowest BCUT2D eigenvalue weighted by molar-refractivity contribution is 0.363. The fourth-order valence-corrected chi connectivity index (χ4v) is 1.59. The van der Waals surface area contributed by atoms with Gasteiger partial charge in [-0.3, -0.25) is 0 Å². The van der Waals surface area contributed by atoms with Crippen LogP contribution in [-0.2, 0) is 0 Å². The average Bonchev–Trinajstić information content (AvgIpc) is 2.11. The van der Waals surface area contributed by atoms with Gasteiger partial charge in [-0.15, -0.1) is 0 Å². The Morgan fingerprint density at radius 1 is 1.44 bits per heavy atom. The summed E-state index contributed by atoms with van der Waals surface area (Å²) in [4.78, 5) is 0. The molecule has 0 radical (unpaired) electrons. The summed E-state index contributed by atoms with van der Waals surface area (Å²) in [5.74, 6) is 0.972. The fourth-order valence-electron chi connectivity index (χ4n) is 1.59. The quantitative estimate of drug-likeness (QED) is 0.559. The first kappa shape index (κ1) is 5.33. The van der Waals surface area contributed by atoms with Gasteiger partial charge in [-0.1, -0.05) is 6.42 Å². The summed E-state index contributed by atoms with van der Waals surface area (Å²) in [6.07, 6.45) is 7.90. The highest BCUT2D eigenvalue weighted by Crippen LogP contribution is 2.35. The fraction of sp³-hybridized carbons (Fsp3) is 0.750. The van der Waals surface area contributed by atoms with E-state index in [1.165, 1.54) is 32.2 Å². The summed E-state index contributed by atoms with van der Waals surface area (Å²) in [6, 6.07) is 0. The highest BCUT2D eigenvalue weighted by atomic mass is 14.9. The Morgan fingerprint density at radius 3 is 2.78 bits per heavy atom. The predicted octanol–water partition coefficient (Wildman–Crippen LogP) is 1.66. The van der Waals surface area contributed by atoms with Crippen LogP contribution >= 0.6 is 0 Å². The van der Waals surface area contributed by atoms with Gasteiger partial charge in [0.25, 0.3) is 0 Å². The van der Waals surface area contributed by atoms with Crippen molar-refractivity contribution >= 4 is 0 Å². The van der Waals surface area contributed by atoms with E-state index >= 15 is 0 Å². The lowest BCUT2D eigenvalue weighted by Gasteiger charge is -2.26. The van der Waals surface area contributed by atoms with Gasteiger partial charge in [-0.2, -0.15) is 0 Å². The van der Waals surface area contributed by atoms with Crippen LogP contribution in [0.1, 0.15) is 25.7 Å². The van der Waals surface area contributed by atoms with Crippen molar-refractivity contribution in [1.82, 2.24) is 5.32 Å². The molecule has 2 aliphatic rings. The zero-order valence-electron chi connectivity index (χ0n) is 5.69. The standard InChI is InChI=1S/C8H13N/c1-2-7(3-1)8-4-5-9-6-8/h6-7,9H,1-5H2. The van der Waals surface area contributed by atoms with E-state index < -0.39 is 0 Å². The lowest BCUT2D eigenvalue weighted by Crippen LogP contribution is -2.12. The minimum atomic E-state index is 0.972. The largest absolute Gasteiger partial charge is 0.391 e. The average molecular weight is 123 g/mol. The first-order valence-corrected chi connectivity index (χ1v) is 3.89. The minimum Gasteiger partial charge on any atom is -0.391 e. The van der Waals surface area contributed by atoms with Crippen LogP contribution in [0.25, 0.3) is 0 Å². The number of nitrogens with one attached hydrogen (secondary N) is 1. The van der Waals surface area contributed by atoms with Crippen LogP contribution in [0.4, 0.5) is 0 Å². The van der Waals surface area contributed by atoms with E-state index in [1.54, 1.807) is 5.57 Å². The van der Waals surface area contributed by atoms with Gasteiger partial charge < -0.3 is 5.32 Å². The monoisotopic (exact) mass is 123 g/mol. The van der Waals surface area contributed by atoms with Crippen molar-refractivity contribution in [2.75, 3.05) is 6.54 Å². The highest BCUT2D eigenvalue weighted by molar-refractivity contribution is 5.12. The highest BCUT2D eigenvalue weighted by Gasteiger charge is 2.22. The van der Waals surface area contributed by atoms with Gasteiger partial charge >= 0.3 is 0 Å². The molecule has 0 saturated heterocycles. The Morgan fingerprint density at radius 2 is 2.33 bits per heavy atom. The van der Waals surface area contributed by atoms with Crippen LogP contribution in [0.5, 0.6) is 0 Å². The molecule has 1 heteroatoms. The summed E-state index contributed by atoms with van der Waals surface area (Å²) in [5, 5.41) is 3.26. The Kier molecular flexibility index (Phi) is 1.22. The smallest absolute Gasteiger partial charge is 0.0179 e. The summed E-state index contributed by atoms with van der Waals surface area (Å²) in [6.45, 7) is 1.19. The van der Waals surface area contributed by atoms with Crippen LogP contribution in [-0.4, -0.2) is 6.54 Å². The second-order valence-corrected chi connectivity index (χ2v) is 3.05. The molecule has 1 aliphatic carbocycles. The number of hydrogen-bond acceptors (Lipinski definition) is 1. The molecule has 0 bridgehead atoms. The second kappa shape index (κ2) is 2.05. The Labute approximate surface area is 56.1 Å². The number of rotatable bonds is 1. The number of hydrogen-bond donors (Lipinski definition) is 1. The van der Waals surface area contributed by atoms with E-state index in [1.807, 2.05) is 0 Å². The molecule has 50 valence electrons. The van der Waals surface area contributed by atoms with Crippen molar-refractivity contribution < 1.29 is 0 Å². The van der Waals surface area contributed by atoms with E-state index in [2.05, 4.69) is 11.5 Å². The third-order valence-electron chi connectivity index (χ3n) is 2.48. The summed E-state index contributed by atoms with van der Waals surface area (Å²) >= 11 is 0. The van der Waals surface area contributed by atoms with E-state index in [9.17, 15) is 0 Å². The molecule has 1 nitrogen and oxygen atoms in total. The maximum absolute atomic E-state index is 3.26. The predicted molar refractivity (Wildman–Crippen MR) is 38.0 cm³/mol. The SMILES string of the molecule is C1=C(C2CCC2)CCN1. The molecular formula is C8H13N. The van der Waals surface area contributed by atoms with Crippen LogP contribution < -0.4 is 5.32 Å². The molecule has 2 rings (SSSR count). The van der Waals surface area contributed by atoms with Gasteiger partial charge in [0.05, 0.1) is 0 Å². The molecule has 1 N–H and O–H groups in total. The molecule has 0 aromatic carbocycles. The zero-order chi connectivity index (χ0) is 6.10. The van der Waals surface area contributed by atoms with Gasteiger partial charge in [0, 0.05) is 6.54 Å². The van der Waals surface area contributed by atoms with E-state index in [0.717, 1.165) is 5.92 Å². The summed E-state index contributed by atoms with van der Waals surface area (Å²) in [7, 11) is 0. The summed E-state index contributed by atoms with van der Waals surface area (Å²) < 4.78 is 0. The van der Waals surface area contributed by atoms with Gasteiger partial charge in [-0.05, 0) is 37.0 Å². The minimum absolute atomic E-state index is 0.972. The second-order valence-electron chi connectivity index (χ2n) is 3.05. The van der Waals surface area contributed by atoms with Gasteiger partial charge in [0.2, 0.25) is 0 Å². The van der Waals surface area contributed by atoms with Crippen molar-refractivity contribution in [1.29, 1.82) is 0 Å². The topological polar surface area (TPSA) is 12.0 Å². The first-order valence-electron chi connectivity index (χ1n) is 3.89. The first-order chi connectivity index (χ1) is 4.47. The zero-order valence-corrected chi connectivity index (χ0v) is 5.69. The van der Waals surface area contributed by atoms with Crippen LogP contribution in [0.2, 0.25) is 0 Å². The molecule has 1 fully saturated rings. The van der Waals surface area contributed by atoms with Crippen molar-refractivity contribution in [2.24, 2.45) is 5.92 Å². The molecule has 0 aromatic heterocycles. The molecule has 1 saturated carbocycles. The maximum atomic E-state index is 3.26. The molecule has 0 atom stereocenters. The molecule has 0 unspecified atom stereocenters. The third-order valence-corrected chi connectivity index (χ3v) is 2.48. The van der Waals surface area contributed by atoms with Crippen molar-refractivity contribution in [3.63, 3.8) is 0 Å². The Balaban J connectivity index is 1.95. The van der Waals surface area contributed by atoms with Crippen LogP contribution in [0, 0.1) is 5.92 Å². The van der Waals surface area contributed by atoms with Crippen LogP contribution in [0.3, 0.4) is 0 Å². The maximum Gasteiger partial charge on any atom is 0.0179 e. The van der Waals surface area contributed by atoms with Crippen molar-refractivity contribution in [3.8, 4) is 0 Å². The van der Waals surface area contributed by atoms with Gasteiger partial charge in [0.15, 0.2) is 0 Å². The molecule has 1 heterocycles. The van der Waals surface area contributed by atoms with Crippen molar-refractivity contribution in [3.05, 3.63) is 11.8 Å². The summed E-state index contributed by atoms with van der Waals surface area (Å²) in [5.41, 5.74) is 1.68. The molecule has 0 aromatic rings. The Bertz CT molecular complexity index is 134. The Hall–Kier alpha value is -0.460. The molecular weight excluding hydrogens is 110 g/mol. The van der Waals surface area contributed by atoms with Gasteiger partial charge in [0.1, 0.15) is 0 Å². The normalized spacial score (nSPS) is 26.9. The van der Waals surface area contributed by atoms with E-state index in [-0.39, 0.29) is 0 Å². The third kappa shape index (κ3) is 0.846. The van der Waals surface area contributed by atoms with Gasteiger partial charge in [-0.25, -0.2) is 0 Å². The van der Waals surface area contributed by atoms with Crippen LogP contribution in [0.15, 0.2) is 11.8 Å². The molecule has 0 spiro atoms. The lowest BCUT2D eigenvalue weighted by atomic mass is 9.79.